The minimum Gasteiger partial charge on any atom is -0.386 e. The zero-order chi connectivity index (χ0) is 19.2. The van der Waals surface area contributed by atoms with Crippen LogP contribution in [0.5, 0.6) is 0 Å². The lowest BCUT2D eigenvalue weighted by atomic mass is 9.97. The fourth-order valence-corrected chi connectivity index (χ4v) is 4.15. The van der Waals surface area contributed by atoms with Crippen LogP contribution in [0.1, 0.15) is 30.5 Å². The fraction of sp³-hybridized carbons (Fsp3) is 0.263. The molecule has 0 unspecified atom stereocenters. The van der Waals surface area contributed by atoms with Crippen molar-refractivity contribution in [2.24, 2.45) is 0 Å². The summed E-state index contributed by atoms with van der Waals surface area (Å²) in [6, 6.07) is 7.87. The molecule has 27 heavy (non-hydrogen) atoms. The molecule has 0 bridgehead atoms. The van der Waals surface area contributed by atoms with Crippen LogP contribution in [0.3, 0.4) is 0 Å². The standard InChI is InChI=1S/C19H18ClN5OS/c1-10-13-14-15(27-18(13)25-24-16(10)20)17(23-9-22-14)21-8-11-4-6-12(7-5-11)19(2,3)26/h4-7,9,26H,8H2,1-3H3,(H,21,22,23). The molecule has 4 aromatic rings. The molecule has 1 aromatic carbocycles. The number of aryl methyl sites for hydroxylation is 1. The Hall–Kier alpha value is -2.35. The topological polar surface area (TPSA) is 83.8 Å². The Morgan fingerprint density at radius 3 is 2.59 bits per heavy atom. The van der Waals surface area contributed by atoms with Crippen LogP contribution < -0.4 is 5.32 Å². The molecule has 6 nitrogen and oxygen atoms in total. The number of aromatic nitrogens is 4. The first kappa shape index (κ1) is 18.0. The second kappa shape index (κ2) is 6.67. The summed E-state index contributed by atoms with van der Waals surface area (Å²) in [5.74, 6) is 0.755. The highest BCUT2D eigenvalue weighted by molar-refractivity contribution is 7.26. The van der Waals surface area contributed by atoms with Gasteiger partial charge in [-0.3, -0.25) is 0 Å². The van der Waals surface area contributed by atoms with Gasteiger partial charge >= 0.3 is 0 Å². The SMILES string of the molecule is Cc1c(Cl)nnc2sc3c(NCc4ccc(C(C)(C)O)cc4)ncnc3c12. The van der Waals surface area contributed by atoms with E-state index in [0.29, 0.717) is 11.7 Å². The predicted octanol–water partition coefficient (Wildman–Crippen LogP) is 4.44. The Balaban J connectivity index is 1.66. The molecule has 0 spiro atoms. The van der Waals surface area contributed by atoms with Crippen molar-refractivity contribution in [2.45, 2.75) is 32.9 Å². The van der Waals surface area contributed by atoms with Crippen molar-refractivity contribution in [1.82, 2.24) is 20.2 Å². The van der Waals surface area contributed by atoms with Crippen molar-refractivity contribution in [1.29, 1.82) is 0 Å². The van der Waals surface area contributed by atoms with Crippen molar-refractivity contribution >= 4 is 49.2 Å². The smallest absolute Gasteiger partial charge is 0.155 e. The second-order valence-electron chi connectivity index (χ2n) is 6.91. The number of anilines is 1. The van der Waals surface area contributed by atoms with E-state index in [9.17, 15) is 5.11 Å². The van der Waals surface area contributed by atoms with Gasteiger partial charge in [0.25, 0.3) is 0 Å². The molecule has 2 N–H and O–H groups in total. The molecular formula is C19H18ClN5OS. The van der Waals surface area contributed by atoms with Crippen LogP contribution >= 0.6 is 22.9 Å². The van der Waals surface area contributed by atoms with Gasteiger partial charge in [-0.2, -0.15) is 0 Å². The molecule has 0 aliphatic rings. The van der Waals surface area contributed by atoms with E-state index in [4.69, 9.17) is 11.6 Å². The lowest BCUT2D eigenvalue weighted by Gasteiger charge is -2.18. The Morgan fingerprint density at radius 2 is 1.89 bits per heavy atom. The molecule has 0 radical (unpaired) electrons. The lowest BCUT2D eigenvalue weighted by Crippen LogP contribution is -2.15. The van der Waals surface area contributed by atoms with Crippen molar-refractivity contribution < 1.29 is 5.11 Å². The summed E-state index contributed by atoms with van der Waals surface area (Å²) < 4.78 is 0.931. The average Bonchev–Trinajstić information content (AvgIpc) is 3.02. The summed E-state index contributed by atoms with van der Waals surface area (Å²) in [6.07, 6.45) is 1.54. The van der Waals surface area contributed by atoms with Crippen LogP contribution in [0, 0.1) is 6.92 Å². The Morgan fingerprint density at radius 1 is 1.15 bits per heavy atom. The first-order valence-electron chi connectivity index (χ1n) is 8.46. The third-order valence-corrected chi connectivity index (χ3v) is 5.92. The molecule has 0 saturated heterocycles. The second-order valence-corrected chi connectivity index (χ2v) is 8.26. The number of halogens is 1. The number of rotatable bonds is 4. The predicted molar refractivity (Wildman–Crippen MR) is 109 cm³/mol. The molecule has 0 saturated carbocycles. The van der Waals surface area contributed by atoms with Gasteiger partial charge in [-0.05, 0) is 31.9 Å². The molecular weight excluding hydrogens is 382 g/mol. The van der Waals surface area contributed by atoms with Gasteiger partial charge in [0.05, 0.1) is 15.8 Å². The maximum atomic E-state index is 10.1. The largest absolute Gasteiger partial charge is 0.386 e. The van der Waals surface area contributed by atoms with Gasteiger partial charge in [-0.25, -0.2) is 9.97 Å². The average molecular weight is 400 g/mol. The van der Waals surface area contributed by atoms with Gasteiger partial charge in [-0.15, -0.1) is 21.5 Å². The van der Waals surface area contributed by atoms with E-state index < -0.39 is 5.60 Å². The number of thiophene rings is 1. The lowest BCUT2D eigenvalue weighted by molar-refractivity contribution is 0.0786. The Labute approximate surface area is 165 Å². The third-order valence-electron chi connectivity index (χ3n) is 4.49. The monoisotopic (exact) mass is 399 g/mol. The van der Waals surface area contributed by atoms with Crippen LogP contribution in [0.2, 0.25) is 5.15 Å². The van der Waals surface area contributed by atoms with E-state index in [1.165, 1.54) is 11.3 Å². The van der Waals surface area contributed by atoms with Crippen LogP contribution in [0.4, 0.5) is 5.82 Å². The van der Waals surface area contributed by atoms with Crippen LogP contribution in [-0.4, -0.2) is 25.3 Å². The van der Waals surface area contributed by atoms with Crippen LogP contribution in [0.25, 0.3) is 20.4 Å². The Bertz CT molecular complexity index is 1130. The summed E-state index contributed by atoms with van der Waals surface area (Å²) in [4.78, 5) is 9.62. The number of benzene rings is 1. The van der Waals surface area contributed by atoms with Crippen LogP contribution in [-0.2, 0) is 12.1 Å². The number of hydrogen-bond donors (Lipinski definition) is 2. The van der Waals surface area contributed by atoms with Crippen molar-refractivity contribution in [3.8, 4) is 0 Å². The molecule has 138 valence electrons. The van der Waals surface area contributed by atoms with Gasteiger partial charge < -0.3 is 10.4 Å². The summed E-state index contributed by atoms with van der Waals surface area (Å²) in [6.45, 7) is 6.08. The van der Waals surface area contributed by atoms with Gasteiger partial charge in [0.15, 0.2) is 5.15 Å². The van der Waals surface area contributed by atoms with Gasteiger partial charge in [0.1, 0.15) is 17.0 Å². The summed E-state index contributed by atoms with van der Waals surface area (Å²) in [5.41, 5.74) is 2.84. The first-order chi connectivity index (χ1) is 12.8. The summed E-state index contributed by atoms with van der Waals surface area (Å²) >= 11 is 7.62. The number of hydrogen-bond acceptors (Lipinski definition) is 7. The van der Waals surface area contributed by atoms with Crippen molar-refractivity contribution in [3.63, 3.8) is 0 Å². The van der Waals surface area contributed by atoms with E-state index in [1.807, 2.05) is 31.2 Å². The first-order valence-corrected chi connectivity index (χ1v) is 9.65. The zero-order valence-corrected chi connectivity index (χ0v) is 16.7. The van der Waals surface area contributed by atoms with E-state index in [2.05, 4.69) is 25.5 Å². The van der Waals surface area contributed by atoms with Crippen LogP contribution in [0.15, 0.2) is 30.6 Å². The minimum absolute atomic E-state index is 0.391. The summed E-state index contributed by atoms with van der Waals surface area (Å²) in [5, 5.41) is 22.9. The number of aliphatic hydroxyl groups is 1. The molecule has 3 aromatic heterocycles. The molecule has 8 heteroatoms. The normalized spacial score (nSPS) is 12.0. The van der Waals surface area contributed by atoms with E-state index in [0.717, 1.165) is 42.9 Å². The number of fused-ring (bicyclic) bond motifs is 3. The molecule has 0 amide bonds. The van der Waals surface area contributed by atoms with E-state index in [1.54, 1.807) is 20.2 Å². The maximum Gasteiger partial charge on any atom is 0.155 e. The van der Waals surface area contributed by atoms with Crippen molar-refractivity contribution in [2.75, 3.05) is 5.32 Å². The highest BCUT2D eigenvalue weighted by Gasteiger charge is 2.17. The quantitative estimate of drug-likeness (QED) is 0.528. The molecule has 0 aliphatic heterocycles. The van der Waals surface area contributed by atoms with E-state index in [-0.39, 0.29) is 0 Å². The molecule has 4 rings (SSSR count). The highest BCUT2D eigenvalue weighted by atomic mass is 35.5. The Kier molecular flexibility index (Phi) is 4.46. The third kappa shape index (κ3) is 3.34. The fourth-order valence-electron chi connectivity index (χ4n) is 2.92. The minimum atomic E-state index is -0.845. The highest BCUT2D eigenvalue weighted by Crippen LogP contribution is 2.37. The zero-order valence-electron chi connectivity index (χ0n) is 15.1. The number of nitrogens with zero attached hydrogens (tertiary/aromatic N) is 4. The van der Waals surface area contributed by atoms with E-state index >= 15 is 0 Å². The molecule has 0 fully saturated rings. The van der Waals surface area contributed by atoms with Gasteiger partial charge in [0, 0.05) is 17.5 Å². The molecule has 0 aliphatic carbocycles. The summed E-state index contributed by atoms with van der Waals surface area (Å²) in [7, 11) is 0. The molecule has 3 heterocycles. The van der Waals surface area contributed by atoms with Gasteiger partial charge in [0.2, 0.25) is 0 Å². The number of nitrogens with one attached hydrogen (secondary N) is 1. The van der Waals surface area contributed by atoms with Gasteiger partial charge in [-0.1, -0.05) is 35.9 Å². The van der Waals surface area contributed by atoms with Crippen molar-refractivity contribution in [3.05, 3.63) is 52.4 Å². The molecule has 0 atom stereocenters. The maximum absolute atomic E-state index is 10.1.